The van der Waals surface area contributed by atoms with E-state index in [-0.39, 0.29) is 0 Å². The maximum atomic E-state index is 5.24. The minimum atomic E-state index is 0.626. The first kappa shape index (κ1) is 32.2. The largest absolute Gasteiger partial charge is 0.308 e. The zero-order valence-electron chi connectivity index (χ0n) is 30.2. The van der Waals surface area contributed by atoms with E-state index in [0.717, 1.165) is 44.4 Å². The van der Waals surface area contributed by atoms with Gasteiger partial charge in [-0.15, -0.1) is 11.3 Å². The van der Waals surface area contributed by atoms with Crippen molar-refractivity contribution in [3.8, 4) is 62.1 Å². The highest BCUT2D eigenvalue weighted by atomic mass is 32.1. The van der Waals surface area contributed by atoms with Crippen LogP contribution in [0.3, 0.4) is 0 Å². The Morgan fingerprint density at radius 2 is 0.893 bits per heavy atom. The number of hydrogen-bond donors (Lipinski definition) is 0. The van der Waals surface area contributed by atoms with Crippen molar-refractivity contribution in [3.05, 3.63) is 194 Å². The van der Waals surface area contributed by atoms with Gasteiger partial charge in [0.25, 0.3) is 0 Å². The normalized spacial score (nSPS) is 11.6. The summed E-state index contributed by atoms with van der Waals surface area (Å²) in [5.74, 6) is 1.89. The molecule has 0 aliphatic carbocycles. The Labute approximate surface area is 327 Å². The van der Waals surface area contributed by atoms with Gasteiger partial charge in [-0.25, -0.2) is 15.0 Å². The Morgan fingerprint density at radius 1 is 0.357 bits per heavy atom. The lowest BCUT2D eigenvalue weighted by Gasteiger charge is -2.14. The van der Waals surface area contributed by atoms with Crippen molar-refractivity contribution in [2.45, 2.75) is 0 Å². The molecule has 0 spiro atoms. The minimum absolute atomic E-state index is 0.626. The monoisotopic (exact) mass is 732 g/mol. The van der Waals surface area contributed by atoms with E-state index in [4.69, 9.17) is 15.0 Å². The lowest BCUT2D eigenvalue weighted by molar-refractivity contribution is 1.07. The van der Waals surface area contributed by atoms with E-state index < -0.39 is 0 Å². The first-order chi connectivity index (χ1) is 27.8. The van der Waals surface area contributed by atoms with Crippen molar-refractivity contribution in [2.24, 2.45) is 0 Å². The minimum Gasteiger partial charge on any atom is -0.308 e. The van der Waals surface area contributed by atoms with E-state index in [9.17, 15) is 0 Å². The number of fused-ring (bicyclic) bond motifs is 6. The maximum absolute atomic E-state index is 5.24. The van der Waals surface area contributed by atoms with E-state index in [1.807, 2.05) is 35.6 Å². The van der Waals surface area contributed by atoms with Gasteiger partial charge in [0.05, 0.1) is 11.0 Å². The fourth-order valence-corrected chi connectivity index (χ4v) is 9.21. The molecule has 4 nitrogen and oxygen atoms in total. The van der Waals surface area contributed by atoms with E-state index in [1.165, 1.54) is 42.2 Å². The Balaban J connectivity index is 1.13. The molecule has 0 bridgehead atoms. The van der Waals surface area contributed by atoms with Gasteiger partial charge in [-0.2, -0.15) is 0 Å². The van der Waals surface area contributed by atoms with Gasteiger partial charge in [-0.05, 0) is 58.7 Å². The van der Waals surface area contributed by atoms with Crippen LogP contribution in [0.1, 0.15) is 0 Å². The third-order valence-electron chi connectivity index (χ3n) is 10.7. The third-order valence-corrected chi connectivity index (χ3v) is 11.8. The molecule has 56 heavy (non-hydrogen) atoms. The van der Waals surface area contributed by atoms with Crippen LogP contribution >= 0.6 is 11.3 Å². The quantitative estimate of drug-likeness (QED) is 0.171. The van der Waals surface area contributed by atoms with Crippen LogP contribution in [0.2, 0.25) is 0 Å². The predicted molar refractivity (Wildman–Crippen MR) is 234 cm³/mol. The molecule has 5 heteroatoms. The molecule has 0 aliphatic heterocycles. The molecule has 0 atom stereocenters. The molecular formula is C51H32N4S. The zero-order valence-corrected chi connectivity index (χ0v) is 31.0. The molecular weight excluding hydrogens is 701 g/mol. The van der Waals surface area contributed by atoms with Crippen molar-refractivity contribution in [1.29, 1.82) is 0 Å². The molecule has 3 heterocycles. The standard InChI is InChI=1S/C51H32N4S/c1-3-14-33(15-4-1)34-28-30-36(31-29-34)50-52-49(35-16-5-2-6-17-35)53-51(54-50)43-24-12-23-41-40-20-7-9-25-44(40)55(48(41)43)38-19-11-18-37(32-38)39-22-13-27-46-47(39)42-21-8-10-26-45(42)56-46/h1-32H. The number of benzene rings is 8. The number of nitrogens with zero attached hydrogens (tertiary/aromatic N) is 4. The van der Waals surface area contributed by atoms with Gasteiger partial charge >= 0.3 is 0 Å². The topological polar surface area (TPSA) is 43.6 Å². The fourth-order valence-electron chi connectivity index (χ4n) is 8.08. The molecule has 0 fully saturated rings. The van der Waals surface area contributed by atoms with E-state index in [0.29, 0.717) is 17.5 Å². The molecule has 0 N–H and O–H groups in total. The van der Waals surface area contributed by atoms with Gasteiger partial charge < -0.3 is 4.57 Å². The molecule has 3 aromatic heterocycles. The molecule has 11 rings (SSSR count). The summed E-state index contributed by atoms with van der Waals surface area (Å²) in [5, 5.41) is 4.91. The van der Waals surface area contributed by atoms with Crippen LogP contribution in [0.4, 0.5) is 0 Å². The van der Waals surface area contributed by atoms with Crippen LogP contribution in [0, 0.1) is 0 Å². The number of para-hydroxylation sites is 2. The van der Waals surface area contributed by atoms with E-state index >= 15 is 0 Å². The molecule has 0 aliphatic rings. The zero-order chi connectivity index (χ0) is 37.0. The van der Waals surface area contributed by atoms with Gasteiger partial charge in [0.2, 0.25) is 0 Å². The maximum Gasteiger partial charge on any atom is 0.166 e. The lowest BCUT2D eigenvalue weighted by atomic mass is 9.99. The van der Waals surface area contributed by atoms with Crippen LogP contribution in [-0.2, 0) is 0 Å². The SMILES string of the molecule is c1ccc(-c2ccc(-c3nc(-c4ccccc4)nc(-c4cccc5c6ccccc6n(-c6cccc(-c7cccc8sc9ccccc9c78)c6)c45)n3)cc2)cc1. The summed E-state index contributed by atoms with van der Waals surface area (Å²) < 4.78 is 4.98. The van der Waals surface area contributed by atoms with Crippen molar-refractivity contribution >= 4 is 53.3 Å². The number of rotatable bonds is 6. The summed E-state index contributed by atoms with van der Waals surface area (Å²) in [6, 6.07) is 68.6. The van der Waals surface area contributed by atoms with Gasteiger partial charge in [-0.1, -0.05) is 158 Å². The summed E-state index contributed by atoms with van der Waals surface area (Å²) >= 11 is 1.85. The third kappa shape index (κ3) is 5.40. The molecule has 0 saturated heterocycles. The highest BCUT2D eigenvalue weighted by molar-refractivity contribution is 7.25. The van der Waals surface area contributed by atoms with Gasteiger partial charge in [0, 0.05) is 53.3 Å². The molecule has 11 aromatic rings. The molecule has 262 valence electrons. The smallest absolute Gasteiger partial charge is 0.166 e. The molecule has 0 saturated carbocycles. The van der Waals surface area contributed by atoms with Gasteiger partial charge in [0.1, 0.15) is 0 Å². The van der Waals surface area contributed by atoms with E-state index in [2.05, 4.69) is 174 Å². The fraction of sp³-hybridized carbons (Fsp3) is 0. The highest BCUT2D eigenvalue weighted by Crippen LogP contribution is 2.42. The van der Waals surface area contributed by atoms with Crippen LogP contribution in [0.25, 0.3) is 104 Å². The Hall–Kier alpha value is -7.21. The van der Waals surface area contributed by atoms with Crippen molar-refractivity contribution < 1.29 is 0 Å². The van der Waals surface area contributed by atoms with Crippen molar-refractivity contribution in [2.75, 3.05) is 0 Å². The summed E-state index contributed by atoms with van der Waals surface area (Å²) in [4.78, 5) is 15.5. The number of thiophene rings is 1. The summed E-state index contributed by atoms with van der Waals surface area (Å²) in [6.07, 6.45) is 0. The highest BCUT2D eigenvalue weighted by Gasteiger charge is 2.21. The van der Waals surface area contributed by atoms with Crippen molar-refractivity contribution in [3.63, 3.8) is 0 Å². The first-order valence-corrected chi connectivity index (χ1v) is 19.6. The Morgan fingerprint density at radius 3 is 1.70 bits per heavy atom. The second kappa shape index (κ2) is 13.3. The van der Waals surface area contributed by atoms with Crippen LogP contribution < -0.4 is 0 Å². The molecule has 0 amide bonds. The summed E-state index contributed by atoms with van der Waals surface area (Å²) in [5.41, 5.74) is 10.8. The summed E-state index contributed by atoms with van der Waals surface area (Å²) in [6.45, 7) is 0. The van der Waals surface area contributed by atoms with Crippen molar-refractivity contribution in [1.82, 2.24) is 19.5 Å². The average molecular weight is 733 g/mol. The van der Waals surface area contributed by atoms with Gasteiger partial charge in [-0.3, -0.25) is 0 Å². The first-order valence-electron chi connectivity index (χ1n) is 18.8. The predicted octanol–water partition coefficient (Wildman–Crippen LogP) is 13.7. The second-order valence-corrected chi connectivity index (χ2v) is 15.1. The lowest BCUT2D eigenvalue weighted by Crippen LogP contribution is -2.02. The second-order valence-electron chi connectivity index (χ2n) is 14.0. The number of hydrogen-bond acceptors (Lipinski definition) is 4. The van der Waals surface area contributed by atoms with Crippen LogP contribution in [0.15, 0.2) is 194 Å². The van der Waals surface area contributed by atoms with Crippen LogP contribution in [0.5, 0.6) is 0 Å². The summed E-state index contributed by atoms with van der Waals surface area (Å²) in [7, 11) is 0. The molecule has 8 aromatic carbocycles. The average Bonchev–Trinajstić information content (AvgIpc) is 3.83. The Bertz CT molecular complexity index is 3240. The molecule has 0 unspecified atom stereocenters. The molecule has 0 radical (unpaired) electrons. The number of aromatic nitrogens is 4. The van der Waals surface area contributed by atoms with E-state index in [1.54, 1.807) is 0 Å². The van der Waals surface area contributed by atoms with Gasteiger partial charge in [0.15, 0.2) is 17.5 Å². The van der Waals surface area contributed by atoms with Crippen LogP contribution in [-0.4, -0.2) is 19.5 Å². The Kier molecular flexibility index (Phi) is 7.64.